The van der Waals surface area contributed by atoms with E-state index >= 15 is 0 Å². The number of rotatable bonds is 7. The summed E-state index contributed by atoms with van der Waals surface area (Å²) in [5.74, 6) is 0.503. The first kappa shape index (κ1) is 20.9. The predicted molar refractivity (Wildman–Crippen MR) is 112 cm³/mol. The third-order valence-corrected chi connectivity index (χ3v) is 6.81. The summed E-state index contributed by atoms with van der Waals surface area (Å²) in [5.41, 5.74) is 2.07. The van der Waals surface area contributed by atoms with E-state index in [1.165, 1.54) is 24.3 Å². The molecule has 0 unspecified atom stereocenters. The van der Waals surface area contributed by atoms with Crippen LogP contribution >= 0.6 is 0 Å². The molecule has 8 heteroatoms. The van der Waals surface area contributed by atoms with E-state index in [4.69, 9.17) is 4.74 Å². The standard InChI is InChI=1S/C21H21NO5S2/c1-16-12-18(14-19(13-16)27-15-17-8-4-3-5-9-17)22-29(25,26)21-11-7-6-10-20(21)28(2,23)24/h3-14,22H,15H2,1-2H3. The molecular weight excluding hydrogens is 410 g/mol. The largest absolute Gasteiger partial charge is 0.489 e. The average Bonchev–Trinajstić information content (AvgIpc) is 2.66. The third-order valence-electron chi connectivity index (χ3n) is 4.09. The summed E-state index contributed by atoms with van der Waals surface area (Å²) >= 11 is 0. The van der Waals surface area contributed by atoms with E-state index in [0.29, 0.717) is 12.4 Å². The molecule has 3 aromatic rings. The quantitative estimate of drug-likeness (QED) is 0.615. The third kappa shape index (κ3) is 5.36. The van der Waals surface area contributed by atoms with Crippen LogP contribution in [0, 0.1) is 6.92 Å². The molecule has 0 spiro atoms. The van der Waals surface area contributed by atoms with Gasteiger partial charge in [-0.3, -0.25) is 4.72 Å². The molecule has 0 aliphatic rings. The summed E-state index contributed by atoms with van der Waals surface area (Å²) in [6, 6.07) is 20.1. The zero-order valence-corrected chi connectivity index (χ0v) is 17.6. The molecular formula is C21H21NO5S2. The molecule has 0 fully saturated rings. The van der Waals surface area contributed by atoms with Gasteiger partial charge in [-0.25, -0.2) is 16.8 Å². The summed E-state index contributed by atoms with van der Waals surface area (Å²) in [6.45, 7) is 2.16. The number of hydrogen-bond acceptors (Lipinski definition) is 5. The van der Waals surface area contributed by atoms with E-state index in [1.807, 2.05) is 37.3 Å². The molecule has 0 bridgehead atoms. The Bertz CT molecular complexity index is 1220. The molecule has 0 saturated carbocycles. The highest BCUT2D eigenvalue weighted by molar-refractivity contribution is 7.95. The van der Waals surface area contributed by atoms with Crippen LogP contribution in [0.25, 0.3) is 0 Å². The van der Waals surface area contributed by atoms with Crippen molar-refractivity contribution >= 4 is 25.5 Å². The zero-order chi connectivity index (χ0) is 21.1. The summed E-state index contributed by atoms with van der Waals surface area (Å²) in [7, 11) is -7.82. The van der Waals surface area contributed by atoms with Crippen LogP contribution in [0.4, 0.5) is 5.69 Å². The summed E-state index contributed by atoms with van der Waals surface area (Å²) in [4.78, 5) is -0.545. The molecule has 0 radical (unpaired) electrons. The number of benzene rings is 3. The molecule has 1 N–H and O–H groups in total. The van der Waals surface area contributed by atoms with Gasteiger partial charge in [-0.15, -0.1) is 0 Å². The highest BCUT2D eigenvalue weighted by atomic mass is 32.2. The molecule has 0 saturated heterocycles. The number of sulfone groups is 1. The maximum absolute atomic E-state index is 12.9. The number of hydrogen-bond donors (Lipinski definition) is 1. The lowest BCUT2D eigenvalue weighted by atomic mass is 10.2. The van der Waals surface area contributed by atoms with Gasteiger partial charge in [0.1, 0.15) is 17.3 Å². The van der Waals surface area contributed by atoms with Crippen LogP contribution in [0.3, 0.4) is 0 Å². The Morgan fingerprint density at radius 1 is 0.828 bits per heavy atom. The van der Waals surface area contributed by atoms with Gasteiger partial charge < -0.3 is 4.74 Å². The molecule has 0 atom stereocenters. The second-order valence-electron chi connectivity index (χ2n) is 6.63. The number of nitrogens with one attached hydrogen (secondary N) is 1. The normalized spacial score (nSPS) is 11.8. The number of anilines is 1. The Balaban J connectivity index is 1.87. The van der Waals surface area contributed by atoms with Gasteiger partial charge in [0.25, 0.3) is 10.0 Å². The van der Waals surface area contributed by atoms with Gasteiger partial charge in [0.15, 0.2) is 9.84 Å². The molecule has 3 rings (SSSR count). The molecule has 6 nitrogen and oxygen atoms in total. The van der Waals surface area contributed by atoms with Crippen molar-refractivity contribution in [2.24, 2.45) is 0 Å². The molecule has 29 heavy (non-hydrogen) atoms. The summed E-state index contributed by atoms with van der Waals surface area (Å²) in [6.07, 6.45) is 0.976. The topological polar surface area (TPSA) is 89.5 Å². The zero-order valence-electron chi connectivity index (χ0n) is 16.0. The second kappa shape index (κ2) is 8.26. The van der Waals surface area contributed by atoms with E-state index in [9.17, 15) is 16.8 Å². The van der Waals surface area contributed by atoms with E-state index in [-0.39, 0.29) is 15.5 Å². The Kier molecular flexibility index (Phi) is 5.95. The lowest BCUT2D eigenvalue weighted by molar-refractivity contribution is 0.306. The smallest absolute Gasteiger partial charge is 0.263 e. The fourth-order valence-electron chi connectivity index (χ4n) is 2.82. The lowest BCUT2D eigenvalue weighted by Crippen LogP contribution is -2.16. The Morgan fingerprint density at radius 2 is 1.45 bits per heavy atom. The van der Waals surface area contributed by atoms with Crippen molar-refractivity contribution < 1.29 is 21.6 Å². The highest BCUT2D eigenvalue weighted by Gasteiger charge is 2.23. The van der Waals surface area contributed by atoms with Gasteiger partial charge in [-0.2, -0.15) is 0 Å². The number of sulfonamides is 1. The van der Waals surface area contributed by atoms with Gasteiger partial charge in [0.2, 0.25) is 0 Å². The summed E-state index contributed by atoms with van der Waals surface area (Å²) in [5, 5.41) is 0. The number of aryl methyl sites for hydroxylation is 1. The van der Waals surface area contributed by atoms with Crippen molar-refractivity contribution in [1.29, 1.82) is 0 Å². The van der Waals surface area contributed by atoms with E-state index < -0.39 is 19.9 Å². The molecule has 0 amide bonds. The maximum atomic E-state index is 12.9. The first-order valence-electron chi connectivity index (χ1n) is 8.75. The molecule has 152 valence electrons. The first-order valence-corrected chi connectivity index (χ1v) is 12.1. The minimum absolute atomic E-state index is 0.249. The Labute approximate surface area is 171 Å². The van der Waals surface area contributed by atoms with Crippen LogP contribution < -0.4 is 9.46 Å². The molecule has 0 heterocycles. The van der Waals surface area contributed by atoms with Crippen LogP contribution in [-0.4, -0.2) is 23.1 Å². The molecule has 0 aromatic heterocycles. The fraction of sp³-hybridized carbons (Fsp3) is 0.143. The molecule has 0 aliphatic carbocycles. The minimum Gasteiger partial charge on any atom is -0.489 e. The lowest BCUT2D eigenvalue weighted by Gasteiger charge is -2.14. The predicted octanol–water partition coefficient (Wildman–Crippen LogP) is 3.78. The maximum Gasteiger partial charge on any atom is 0.263 e. The van der Waals surface area contributed by atoms with Gasteiger partial charge in [-0.05, 0) is 42.3 Å². The van der Waals surface area contributed by atoms with Crippen molar-refractivity contribution in [1.82, 2.24) is 0 Å². The highest BCUT2D eigenvalue weighted by Crippen LogP contribution is 2.26. The van der Waals surface area contributed by atoms with Gasteiger partial charge in [0, 0.05) is 12.3 Å². The van der Waals surface area contributed by atoms with Gasteiger partial charge in [-0.1, -0.05) is 42.5 Å². The van der Waals surface area contributed by atoms with E-state index in [0.717, 1.165) is 17.4 Å². The Hall–Kier alpha value is -2.84. The minimum atomic E-state index is -4.11. The fourth-order valence-corrected chi connectivity index (χ4v) is 5.49. The molecule has 3 aromatic carbocycles. The van der Waals surface area contributed by atoms with Crippen molar-refractivity contribution in [2.45, 2.75) is 23.3 Å². The van der Waals surface area contributed by atoms with Crippen molar-refractivity contribution in [3.63, 3.8) is 0 Å². The molecule has 0 aliphatic heterocycles. The SMILES string of the molecule is Cc1cc(NS(=O)(=O)c2ccccc2S(C)(=O)=O)cc(OCc2ccccc2)c1. The van der Waals surface area contributed by atoms with Gasteiger partial charge >= 0.3 is 0 Å². The Morgan fingerprint density at radius 3 is 2.10 bits per heavy atom. The van der Waals surface area contributed by atoms with Crippen LogP contribution in [0.15, 0.2) is 82.6 Å². The van der Waals surface area contributed by atoms with Crippen molar-refractivity contribution in [3.05, 3.63) is 83.9 Å². The average molecular weight is 432 g/mol. The van der Waals surface area contributed by atoms with Crippen LogP contribution in [0.2, 0.25) is 0 Å². The van der Waals surface area contributed by atoms with Gasteiger partial charge in [0.05, 0.1) is 10.6 Å². The van der Waals surface area contributed by atoms with Crippen LogP contribution in [0.5, 0.6) is 5.75 Å². The summed E-state index contributed by atoms with van der Waals surface area (Å²) < 4.78 is 57.9. The van der Waals surface area contributed by atoms with E-state index in [2.05, 4.69) is 4.72 Å². The van der Waals surface area contributed by atoms with Crippen LogP contribution in [-0.2, 0) is 26.5 Å². The first-order chi connectivity index (χ1) is 13.6. The van der Waals surface area contributed by atoms with Crippen molar-refractivity contribution in [2.75, 3.05) is 11.0 Å². The van der Waals surface area contributed by atoms with Crippen molar-refractivity contribution in [3.8, 4) is 5.75 Å². The number of ether oxygens (including phenoxy) is 1. The monoisotopic (exact) mass is 431 g/mol. The second-order valence-corrected chi connectivity index (χ2v) is 10.3. The van der Waals surface area contributed by atoms with Crippen LogP contribution in [0.1, 0.15) is 11.1 Å². The van der Waals surface area contributed by atoms with E-state index in [1.54, 1.807) is 18.2 Å².